The smallest absolute Gasteiger partial charge is 0.270 e. The second kappa shape index (κ2) is 9.13. The Labute approximate surface area is 194 Å². The van der Waals surface area contributed by atoms with Crippen LogP contribution in [0.25, 0.3) is 16.2 Å². The molecule has 3 aromatic heterocycles. The summed E-state index contributed by atoms with van der Waals surface area (Å²) in [7, 11) is 1.65. The van der Waals surface area contributed by atoms with Gasteiger partial charge in [-0.3, -0.25) is 18.9 Å². The van der Waals surface area contributed by atoms with Crippen LogP contribution >= 0.6 is 11.3 Å². The fraction of sp³-hybridized carbons (Fsp3) is 0.250. The molecule has 1 fully saturated rings. The zero-order valence-electron chi connectivity index (χ0n) is 18.2. The van der Waals surface area contributed by atoms with Crippen molar-refractivity contribution in [3.05, 3.63) is 81.8 Å². The van der Waals surface area contributed by atoms with E-state index in [-0.39, 0.29) is 17.0 Å². The molecule has 0 N–H and O–H groups in total. The Balaban J connectivity index is 1.21. The summed E-state index contributed by atoms with van der Waals surface area (Å²) in [6.45, 7) is 3.30. The molecule has 0 radical (unpaired) electrons. The number of hydrogen-bond acceptors (Lipinski definition) is 7. The summed E-state index contributed by atoms with van der Waals surface area (Å²) in [5, 5.41) is 3.06. The quantitative estimate of drug-likeness (QED) is 0.455. The third-order valence-electron chi connectivity index (χ3n) is 5.78. The molecule has 0 aliphatic carbocycles. The fourth-order valence-corrected chi connectivity index (χ4v) is 4.74. The standard InChI is InChI=1S/C24H23N5O3S/c1-32-19-7-5-17(6-8-19)22-26-18(16-33-22)15-27-10-12-28(13-11-27)23(30)20-14-25-21-4-2-3-9-29(21)24(20)31/h2-9,14,16H,10-13,15H2,1H3. The van der Waals surface area contributed by atoms with Crippen LogP contribution in [0, 0.1) is 0 Å². The van der Waals surface area contributed by atoms with Crippen molar-refractivity contribution in [2.75, 3.05) is 33.3 Å². The van der Waals surface area contributed by atoms with Crippen molar-refractivity contribution in [3.63, 3.8) is 0 Å². The number of rotatable bonds is 5. The van der Waals surface area contributed by atoms with Crippen LogP contribution in [0.15, 0.2) is 65.0 Å². The molecule has 1 aliphatic rings. The van der Waals surface area contributed by atoms with Gasteiger partial charge in [-0.2, -0.15) is 0 Å². The lowest BCUT2D eigenvalue weighted by Gasteiger charge is -2.34. The number of nitrogens with zero attached hydrogens (tertiary/aromatic N) is 5. The van der Waals surface area contributed by atoms with Crippen molar-refractivity contribution in [2.24, 2.45) is 0 Å². The van der Waals surface area contributed by atoms with Crippen LogP contribution < -0.4 is 10.3 Å². The summed E-state index contributed by atoms with van der Waals surface area (Å²) in [6.07, 6.45) is 3.02. The van der Waals surface area contributed by atoms with Gasteiger partial charge in [0.05, 0.1) is 12.8 Å². The minimum atomic E-state index is -0.332. The maximum absolute atomic E-state index is 13.0. The summed E-state index contributed by atoms with van der Waals surface area (Å²) in [5.74, 6) is 0.561. The van der Waals surface area contributed by atoms with Crippen molar-refractivity contribution >= 4 is 22.9 Å². The van der Waals surface area contributed by atoms with Gasteiger partial charge in [-0.1, -0.05) is 6.07 Å². The number of methoxy groups -OCH3 is 1. The van der Waals surface area contributed by atoms with E-state index >= 15 is 0 Å². The molecule has 0 saturated carbocycles. The summed E-state index contributed by atoms with van der Waals surface area (Å²) in [6, 6.07) is 13.2. The van der Waals surface area contributed by atoms with Crippen LogP contribution in [0.4, 0.5) is 0 Å². The lowest BCUT2D eigenvalue weighted by atomic mass is 10.2. The van der Waals surface area contributed by atoms with E-state index < -0.39 is 0 Å². The number of pyridine rings is 1. The molecule has 0 atom stereocenters. The number of hydrogen-bond donors (Lipinski definition) is 0. The van der Waals surface area contributed by atoms with Gasteiger partial charge in [0, 0.05) is 56.1 Å². The summed E-state index contributed by atoms with van der Waals surface area (Å²) >= 11 is 1.62. The predicted octanol–water partition coefficient (Wildman–Crippen LogP) is 2.78. The maximum atomic E-state index is 13.0. The second-order valence-corrected chi connectivity index (χ2v) is 8.70. The summed E-state index contributed by atoms with van der Waals surface area (Å²) in [5.41, 5.74) is 2.39. The van der Waals surface area contributed by atoms with Crippen LogP contribution in [0.5, 0.6) is 5.75 Å². The average molecular weight is 462 g/mol. The van der Waals surface area contributed by atoms with E-state index in [1.54, 1.807) is 41.7 Å². The Bertz CT molecular complexity index is 1340. The van der Waals surface area contributed by atoms with Crippen LogP contribution in [-0.4, -0.2) is 63.4 Å². The highest BCUT2D eigenvalue weighted by Gasteiger charge is 2.25. The van der Waals surface area contributed by atoms with E-state index in [1.807, 2.05) is 30.3 Å². The van der Waals surface area contributed by atoms with Gasteiger partial charge < -0.3 is 9.64 Å². The first kappa shape index (κ1) is 21.3. The van der Waals surface area contributed by atoms with E-state index in [1.165, 1.54) is 10.6 Å². The average Bonchev–Trinajstić information content (AvgIpc) is 3.33. The molecule has 1 saturated heterocycles. The van der Waals surface area contributed by atoms with Crippen LogP contribution in [0.1, 0.15) is 16.1 Å². The molecule has 0 unspecified atom stereocenters. The van der Waals surface area contributed by atoms with Gasteiger partial charge in [-0.25, -0.2) is 9.97 Å². The van der Waals surface area contributed by atoms with Gasteiger partial charge in [0.25, 0.3) is 11.5 Å². The monoisotopic (exact) mass is 461 g/mol. The molecule has 1 amide bonds. The van der Waals surface area contributed by atoms with E-state index in [0.29, 0.717) is 18.7 Å². The lowest BCUT2D eigenvalue weighted by Crippen LogP contribution is -2.49. The number of ether oxygens (including phenoxy) is 1. The molecule has 168 valence electrons. The van der Waals surface area contributed by atoms with Crippen LogP contribution in [0.3, 0.4) is 0 Å². The van der Waals surface area contributed by atoms with Crippen molar-refractivity contribution in [1.29, 1.82) is 0 Å². The zero-order chi connectivity index (χ0) is 22.8. The molecule has 5 rings (SSSR count). The third kappa shape index (κ3) is 4.37. The molecule has 4 aromatic rings. The maximum Gasteiger partial charge on any atom is 0.270 e. The van der Waals surface area contributed by atoms with E-state index in [0.717, 1.165) is 41.6 Å². The highest BCUT2D eigenvalue weighted by atomic mass is 32.1. The first-order valence-electron chi connectivity index (χ1n) is 10.7. The highest BCUT2D eigenvalue weighted by molar-refractivity contribution is 7.13. The molecule has 1 aromatic carbocycles. The minimum absolute atomic E-state index is 0.107. The van der Waals surface area contributed by atoms with E-state index in [2.05, 4.69) is 15.3 Å². The van der Waals surface area contributed by atoms with Crippen molar-refractivity contribution < 1.29 is 9.53 Å². The molecule has 0 bridgehead atoms. The zero-order valence-corrected chi connectivity index (χ0v) is 19.0. The molecular weight excluding hydrogens is 438 g/mol. The number of carbonyl (C=O) groups is 1. The third-order valence-corrected chi connectivity index (χ3v) is 6.72. The molecule has 0 spiro atoms. The molecule has 8 nitrogen and oxygen atoms in total. The molecule has 9 heteroatoms. The van der Waals surface area contributed by atoms with Gasteiger partial charge in [0.1, 0.15) is 22.0 Å². The first-order chi connectivity index (χ1) is 16.1. The normalized spacial score (nSPS) is 14.5. The predicted molar refractivity (Wildman–Crippen MR) is 127 cm³/mol. The van der Waals surface area contributed by atoms with Gasteiger partial charge in [-0.15, -0.1) is 11.3 Å². The molecular formula is C24H23N5O3S. The molecule has 1 aliphatic heterocycles. The van der Waals surface area contributed by atoms with Gasteiger partial charge >= 0.3 is 0 Å². The summed E-state index contributed by atoms with van der Waals surface area (Å²) < 4.78 is 6.63. The summed E-state index contributed by atoms with van der Waals surface area (Å²) in [4.78, 5) is 38.7. The molecule has 33 heavy (non-hydrogen) atoms. The second-order valence-electron chi connectivity index (χ2n) is 7.85. The number of piperazine rings is 1. The Morgan fingerprint density at radius 3 is 2.64 bits per heavy atom. The van der Waals surface area contributed by atoms with E-state index in [4.69, 9.17) is 9.72 Å². The topological polar surface area (TPSA) is 80.0 Å². The molecule has 4 heterocycles. The van der Waals surface area contributed by atoms with Crippen molar-refractivity contribution in [3.8, 4) is 16.3 Å². The largest absolute Gasteiger partial charge is 0.497 e. The van der Waals surface area contributed by atoms with Gasteiger partial charge in [0.15, 0.2) is 0 Å². The number of carbonyl (C=O) groups excluding carboxylic acids is 1. The number of aromatic nitrogens is 3. The Morgan fingerprint density at radius 1 is 1.09 bits per heavy atom. The lowest BCUT2D eigenvalue weighted by molar-refractivity contribution is 0.0625. The minimum Gasteiger partial charge on any atom is -0.497 e. The number of fused-ring (bicyclic) bond motifs is 1. The van der Waals surface area contributed by atoms with Crippen molar-refractivity contribution in [1.82, 2.24) is 24.2 Å². The number of benzene rings is 1. The SMILES string of the molecule is COc1ccc(-c2nc(CN3CCN(C(=O)c4cnc5ccccn5c4=O)CC3)cs2)cc1. The van der Waals surface area contributed by atoms with Crippen LogP contribution in [-0.2, 0) is 6.54 Å². The van der Waals surface area contributed by atoms with Crippen molar-refractivity contribution in [2.45, 2.75) is 6.54 Å². The Morgan fingerprint density at radius 2 is 1.88 bits per heavy atom. The highest BCUT2D eigenvalue weighted by Crippen LogP contribution is 2.26. The number of amides is 1. The Kier molecular flexibility index (Phi) is 5.89. The fourth-order valence-electron chi connectivity index (χ4n) is 3.93. The van der Waals surface area contributed by atoms with Crippen LogP contribution in [0.2, 0.25) is 0 Å². The van der Waals surface area contributed by atoms with Gasteiger partial charge in [0.2, 0.25) is 0 Å². The number of thiazole rings is 1. The van der Waals surface area contributed by atoms with E-state index in [9.17, 15) is 9.59 Å². The van der Waals surface area contributed by atoms with Gasteiger partial charge in [-0.05, 0) is 36.4 Å². The Hall–Kier alpha value is -3.56. The first-order valence-corrected chi connectivity index (χ1v) is 11.6.